The SMILES string of the molecule is Cc1cc(O[C@H](C)C(=O)NCCc2ccc(F)cc2)ccc1Cl. The molecule has 0 aromatic heterocycles. The van der Waals surface area contributed by atoms with Gasteiger partial charge in [0.1, 0.15) is 11.6 Å². The molecule has 0 saturated carbocycles. The Kier molecular flexibility index (Phi) is 5.99. The summed E-state index contributed by atoms with van der Waals surface area (Å²) in [4.78, 5) is 12.0. The average Bonchev–Trinajstić information content (AvgIpc) is 2.52. The van der Waals surface area contributed by atoms with Gasteiger partial charge in [-0.15, -0.1) is 0 Å². The average molecular weight is 336 g/mol. The minimum absolute atomic E-state index is 0.195. The van der Waals surface area contributed by atoms with E-state index in [1.807, 2.05) is 6.92 Å². The van der Waals surface area contributed by atoms with Gasteiger partial charge >= 0.3 is 0 Å². The highest BCUT2D eigenvalue weighted by Crippen LogP contribution is 2.21. The predicted molar refractivity (Wildman–Crippen MR) is 89.4 cm³/mol. The van der Waals surface area contributed by atoms with E-state index in [-0.39, 0.29) is 11.7 Å². The van der Waals surface area contributed by atoms with Crippen LogP contribution in [0.1, 0.15) is 18.1 Å². The third kappa shape index (κ3) is 5.25. The Balaban J connectivity index is 1.80. The van der Waals surface area contributed by atoms with Crippen molar-refractivity contribution in [1.29, 1.82) is 0 Å². The topological polar surface area (TPSA) is 38.3 Å². The highest BCUT2D eigenvalue weighted by atomic mass is 35.5. The van der Waals surface area contributed by atoms with E-state index < -0.39 is 6.10 Å². The van der Waals surface area contributed by atoms with Gasteiger partial charge in [0.2, 0.25) is 0 Å². The van der Waals surface area contributed by atoms with Crippen LogP contribution in [0.15, 0.2) is 42.5 Å². The van der Waals surface area contributed by atoms with Crippen molar-refractivity contribution in [3.63, 3.8) is 0 Å². The second kappa shape index (κ2) is 7.97. The molecular formula is C18H19ClFNO2. The Morgan fingerprint density at radius 3 is 2.61 bits per heavy atom. The first-order chi connectivity index (χ1) is 11.0. The molecule has 0 aliphatic carbocycles. The van der Waals surface area contributed by atoms with Crippen molar-refractivity contribution in [3.05, 3.63) is 64.4 Å². The number of aryl methyl sites for hydroxylation is 1. The second-order valence-corrected chi connectivity index (χ2v) is 5.75. The predicted octanol–water partition coefficient (Wildman–Crippen LogP) is 3.91. The van der Waals surface area contributed by atoms with E-state index in [1.54, 1.807) is 37.3 Å². The quantitative estimate of drug-likeness (QED) is 0.869. The molecule has 0 unspecified atom stereocenters. The lowest BCUT2D eigenvalue weighted by molar-refractivity contribution is -0.127. The van der Waals surface area contributed by atoms with Crippen molar-refractivity contribution < 1.29 is 13.9 Å². The Morgan fingerprint density at radius 2 is 1.96 bits per heavy atom. The standard InChI is InChI=1S/C18H19ClFNO2/c1-12-11-16(7-8-17(12)19)23-13(2)18(22)21-10-9-14-3-5-15(20)6-4-14/h3-8,11,13H,9-10H2,1-2H3,(H,21,22)/t13-/m1/s1. The van der Waals surface area contributed by atoms with Gasteiger partial charge in [0.25, 0.3) is 5.91 Å². The monoisotopic (exact) mass is 335 g/mol. The highest BCUT2D eigenvalue weighted by Gasteiger charge is 2.14. The summed E-state index contributed by atoms with van der Waals surface area (Å²) in [6.07, 6.45) is 0.0301. The van der Waals surface area contributed by atoms with E-state index in [4.69, 9.17) is 16.3 Å². The van der Waals surface area contributed by atoms with Crippen LogP contribution in [0.4, 0.5) is 4.39 Å². The molecule has 0 saturated heterocycles. The van der Waals surface area contributed by atoms with E-state index >= 15 is 0 Å². The van der Waals surface area contributed by atoms with Crippen molar-refractivity contribution in [3.8, 4) is 5.75 Å². The summed E-state index contributed by atoms with van der Waals surface area (Å²) >= 11 is 5.96. The molecule has 5 heteroatoms. The number of hydrogen-bond donors (Lipinski definition) is 1. The molecule has 0 radical (unpaired) electrons. The number of amides is 1. The summed E-state index contributed by atoms with van der Waals surface area (Å²) in [5.41, 5.74) is 1.86. The Labute approximate surface area is 140 Å². The fourth-order valence-electron chi connectivity index (χ4n) is 2.07. The van der Waals surface area contributed by atoms with Gasteiger partial charge in [-0.05, 0) is 61.7 Å². The molecule has 2 rings (SSSR count). The maximum atomic E-state index is 12.8. The maximum absolute atomic E-state index is 12.8. The molecule has 1 N–H and O–H groups in total. The van der Waals surface area contributed by atoms with Gasteiger partial charge in [0.05, 0.1) is 0 Å². The van der Waals surface area contributed by atoms with E-state index in [2.05, 4.69) is 5.32 Å². The zero-order chi connectivity index (χ0) is 16.8. The molecule has 23 heavy (non-hydrogen) atoms. The lowest BCUT2D eigenvalue weighted by Crippen LogP contribution is -2.37. The van der Waals surface area contributed by atoms with Crippen LogP contribution in [0.25, 0.3) is 0 Å². The number of benzene rings is 2. The van der Waals surface area contributed by atoms with Crippen molar-refractivity contribution in [2.45, 2.75) is 26.4 Å². The molecule has 0 aliphatic rings. The van der Waals surface area contributed by atoms with Crippen LogP contribution in [0.2, 0.25) is 5.02 Å². The van der Waals surface area contributed by atoms with Gasteiger partial charge in [-0.25, -0.2) is 4.39 Å². The first kappa shape index (κ1) is 17.3. The number of rotatable bonds is 6. The lowest BCUT2D eigenvalue weighted by atomic mass is 10.1. The number of nitrogens with one attached hydrogen (secondary N) is 1. The molecule has 0 spiro atoms. The molecule has 0 bridgehead atoms. The number of carbonyl (C=O) groups is 1. The summed E-state index contributed by atoms with van der Waals surface area (Å²) in [6.45, 7) is 4.04. The normalized spacial score (nSPS) is 11.8. The number of carbonyl (C=O) groups excluding carboxylic acids is 1. The van der Waals surface area contributed by atoms with Crippen molar-refractivity contribution in [2.24, 2.45) is 0 Å². The zero-order valence-corrected chi connectivity index (χ0v) is 13.9. The molecule has 0 fully saturated rings. The largest absolute Gasteiger partial charge is 0.481 e. The molecule has 122 valence electrons. The second-order valence-electron chi connectivity index (χ2n) is 5.34. The van der Waals surface area contributed by atoms with Gasteiger partial charge in [0, 0.05) is 11.6 Å². The minimum atomic E-state index is -0.608. The van der Waals surface area contributed by atoms with E-state index in [1.165, 1.54) is 12.1 Å². The smallest absolute Gasteiger partial charge is 0.260 e. The van der Waals surface area contributed by atoms with E-state index in [0.717, 1.165) is 11.1 Å². The molecule has 1 atom stereocenters. The molecular weight excluding hydrogens is 317 g/mol. The summed E-state index contributed by atoms with van der Waals surface area (Å²) < 4.78 is 18.4. The Morgan fingerprint density at radius 1 is 1.26 bits per heavy atom. The number of ether oxygens (including phenoxy) is 1. The highest BCUT2D eigenvalue weighted by molar-refractivity contribution is 6.31. The van der Waals surface area contributed by atoms with Crippen LogP contribution in [-0.4, -0.2) is 18.6 Å². The van der Waals surface area contributed by atoms with Gasteiger partial charge in [-0.1, -0.05) is 23.7 Å². The molecule has 3 nitrogen and oxygen atoms in total. The van der Waals surface area contributed by atoms with Crippen LogP contribution in [0.3, 0.4) is 0 Å². The van der Waals surface area contributed by atoms with Crippen LogP contribution in [0.5, 0.6) is 5.75 Å². The van der Waals surface area contributed by atoms with Gasteiger partial charge in [-0.2, -0.15) is 0 Å². The Bertz CT molecular complexity index is 673. The molecule has 0 heterocycles. The fourth-order valence-corrected chi connectivity index (χ4v) is 2.19. The lowest BCUT2D eigenvalue weighted by Gasteiger charge is -2.15. The molecule has 1 amide bonds. The van der Waals surface area contributed by atoms with Crippen molar-refractivity contribution in [1.82, 2.24) is 5.32 Å². The molecule has 2 aromatic carbocycles. The van der Waals surface area contributed by atoms with Crippen LogP contribution in [0, 0.1) is 12.7 Å². The molecule has 0 aliphatic heterocycles. The maximum Gasteiger partial charge on any atom is 0.260 e. The van der Waals surface area contributed by atoms with Gasteiger partial charge < -0.3 is 10.1 Å². The summed E-state index contributed by atoms with van der Waals surface area (Å²) in [6, 6.07) is 11.5. The van der Waals surface area contributed by atoms with Gasteiger partial charge in [-0.3, -0.25) is 4.79 Å². The third-order valence-corrected chi connectivity index (χ3v) is 3.86. The minimum Gasteiger partial charge on any atom is -0.481 e. The van der Waals surface area contributed by atoms with E-state index in [0.29, 0.717) is 23.7 Å². The summed E-state index contributed by atoms with van der Waals surface area (Å²) in [5, 5.41) is 3.47. The van der Waals surface area contributed by atoms with Crippen molar-refractivity contribution >= 4 is 17.5 Å². The summed E-state index contributed by atoms with van der Waals surface area (Å²) in [7, 11) is 0. The first-order valence-corrected chi connectivity index (χ1v) is 7.78. The van der Waals surface area contributed by atoms with Crippen LogP contribution < -0.4 is 10.1 Å². The number of halogens is 2. The first-order valence-electron chi connectivity index (χ1n) is 7.40. The molecule has 2 aromatic rings. The van der Waals surface area contributed by atoms with E-state index in [9.17, 15) is 9.18 Å². The van der Waals surface area contributed by atoms with Crippen molar-refractivity contribution in [2.75, 3.05) is 6.54 Å². The fraction of sp³-hybridized carbons (Fsp3) is 0.278. The van der Waals surface area contributed by atoms with Gasteiger partial charge in [0.15, 0.2) is 6.10 Å². The zero-order valence-electron chi connectivity index (χ0n) is 13.1. The summed E-state index contributed by atoms with van der Waals surface area (Å²) in [5.74, 6) is 0.144. The van der Waals surface area contributed by atoms with Crippen LogP contribution in [-0.2, 0) is 11.2 Å². The Hall–Kier alpha value is -2.07. The van der Waals surface area contributed by atoms with Crippen LogP contribution >= 0.6 is 11.6 Å². The number of hydrogen-bond acceptors (Lipinski definition) is 2. The third-order valence-electron chi connectivity index (χ3n) is 3.44.